The summed E-state index contributed by atoms with van der Waals surface area (Å²) in [7, 11) is 0. The first-order valence-corrected chi connectivity index (χ1v) is 5.31. The van der Waals surface area contributed by atoms with Crippen LogP contribution in [-0.2, 0) is 4.74 Å². The van der Waals surface area contributed by atoms with Gasteiger partial charge in [-0.2, -0.15) is 0 Å². The summed E-state index contributed by atoms with van der Waals surface area (Å²) in [5, 5.41) is 2.81. The van der Waals surface area contributed by atoms with Crippen molar-refractivity contribution in [1.29, 1.82) is 0 Å². The van der Waals surface area contributed by atoms with Gasteiger partial charge >= 0.3 is 0 Å². The summed E-state index contributed by atoms with van der Waals surface area (Å²) in [5.41, 5.74) is -0.0566. The van der Waals surface area contributed by atoms with Crippen molar-refractivity contribution in [2.45, 2.75) is 12.5 Å². The van der Waals surface area contributed by atoms with Gasteiger partial charge in [0.25, 0.3) is 11.5 Å². The van der Waals surface area contributed by atoms with E-state index in [-0.39, 0.29) is 17.0 Å². The Balaban J connectivity index is 2.08. The predicted octanol–water partition coefficient (Wildman–Crippen LogP) is 0.547. The lowest BCUT2D eigenvalue weighted by molar-refractivity contribution is 0.0929. The van der Waals surface area contributed by atoms with E-state index in [9.17, 15) is 9.59 Å². The SMILES string of the molecule is O=C(NC1CCOC1)c1c[nH]c(=O)c(Cl)c1. The molecule has 1 unspecified atom stereocenters. The number of rotatable bonds is 2. The van der Waals surface area contributed by atoms with Gasteiger partial charge in [-0.1, -0.05) is 11.6 Å². The van der Waals surface area contributed by atoms with Crippen molar-refractivity contribution in [3.63, 3.8) is 0 Å². The number of carbonyl (C=O) groups excluding carboxylic acids is 1. The Morgan fingerprint density at radius 1 is 1.62 bits per heavy atom. The van der Waals surface area contributed by atoms with Crippen LogP contribution in [0.1, 0.15) is 16.8 Å². The zero-order chi connectivity index (χ0) is 11.5. The first-order chi connectivity index (χ1) is 7.66. The first-order valence-electron chi connectivity index (χ1n) is 4.93. The number of nitrogens with one attached hydrogen (secondary N) is 2. The molecule has 0 radical (unpaired) electrons. The van der Waals surface area contributed by atoms with E-state index < -0.39 is 5.56 Å². The molecule has 0 saturated carbocycles. The van der Waals surface area contributed by atoms with Crippen molar-refractivity contribution in [3.8, 4) is 0 Å². The molecule has 0 bridgehead atoms. The minimum absolute atomic E-state index is 0.00956. The van der Waals surface area contributed by atoms with Crippen LogP contribution in [0.4, 0.5) is 0 Å². The lowest BCUT2D eigenvalue weighted by Crippen LogP contribution is -2.35. The zero-order valence-corrected chi connectivity index (χ0v) is 9.21. The van der Waals surface area contributed by atoms with Crippen molar-refractivity contribution in [2.24, 2.45) is 0 Å². The van der Waals surface area contributed by atoms with Crippen LogP contribution in [0.2, 0.25) is 5.02 Å². The normalized spacial score (nSPS) is 19.7. The Labute approximate surface area is 96.8 Å². The highest BCUT2D eigenvalue weighted by Gasteiger charge is 2.18. The number of carbonyl (C=O) groups is 1. The van der Waals surface area contributed by atoms with Gasteiger partial charge in [0.05, 0.1) is 18.2 Å². The Bertz CT molecular complexity index is 452. The number of ether oxygens (including phenoxy) is 1. The predicted molar refractivity (Wildman–Crippen MR) is 58.8 cm³/mol. The maximum absolute atomic E-state index is 11.7. The van der Waals surface area contributed by atoms with Crippen LogP contribution in [-0.4, -0.2) is 30.1 Å². The Morgan fingerprint density at radius 2 is 2.44 bits per heavy atom. The van der Waals surface area contributed by atoms with E-state index in [4.69, 9.17) is 16.3 Å². The molecule has 5 nitrogen and oxygen atoms in total. The van der Waals surface area contributed by atoms with E-state index in [2.05, 4.69) is 10.3 Å². The summed E-state index contributed by atoms with van der Waals surface area (Å²) in [5.74, 6) is -0.256. The molecule has 1 aliphatic rings. The summed E-state index contributed by atoms with van der Waals surface area (Å²) in [6, 6.07) is 1.39. The number of hydrogen-bond donors (Lipinski definition) is 2. The number of H-pyrrole nitrogens is 1. The van der Waals surface area contributed by atoms with E-state index in [0.717, 1.165) is 6.42 Å². The van der Waals surface area contributed by atoms with E-state index in [1.54, 1.807) is 0 Å². The molecule has 2 heterocycles. The standard InChI is InChI=1S/C10H11ClN2O3/c11-8-3-6(4-12-10(8)15)9(14)13-7-1-2-16-5-7/h3-4,7H,1-2,5H2,(H,12,15)(H,13,14). The summed E-state index contributed by atoms with van der Waals surface area (Å²) < 4.78 is 5.14. The quantitative estimate of drug-likeness (QED) is 0.796. The van der Waals surface area contributed by atoms with E-state index in [0.29, 0.717) is 18.8 Å². The minimum atomic E-state index is -0.401. The zero-order valence-electron chi connectivity index (χ0n) is 8.46. The van der Waals surface area contributed by atoms with Crippen molar-refractivity contribution in [3.05, 3.63) is 33.2 Å². The van der Waals surface area contributed by atoms with Crippen LogP contribution in [0, 0.1) is 0 Å². The van der Waals surface area contributed by atoms with Crippen molar-refractivity contribution < 1.29 is 9.53 Å². The minimum Gasteiger partial charge on any atom is -0.379 e. The summed E-state index contributed by atoms with van der Waals surface area (Å²) >= 11 is 5.63. The highest BCUT2D eigenvalue weighted by molar-refractivity contribution is 6.30. The maximum atomic E-state index is 11.7. The van der Waals surface area contributed by atoms with Crippen LogP contribution in [0.3, 0.4) is 0 Å². The molecule has 1 amide bonds. The van der Waals surface area contributed by atoms with Gasteiger partial charge in [-0.25, -0.2) is 0 Å². The van der Waals surface area contributed by atoms with Crippen molar-refractivity contribution in [1.82, 2.24) is 10.3 Å². The summed E-state index contributed by atoms with van der Waals surface area (Å²) in [6.45, 7) is 1.19. The smallest absolute Gasteiger partial charge is 0.266 e. The van der Waals surface area contributed by atoms with Gasteiger partial charge < -0.3 is 15.0 Å². The van der Waals surface area contributed by atoms with Crippen molar-refractivity contribution in [2.75, 3.05) is 13.2 Å². The lowest BCUT2D eigenvalue weighted by atomic mass is 10.2. The van der Waals surface area contributed by atoms with Crippen LogP contribution in [0.15, 0.2) is 17.1 Å². The van der Waals surface area contributed by atoms with Gasteiger partial charge in [-0.15, -0.1) is 0 Å². The summed E-state index contributed by atoms with van der Waals surface area (Å²) in [4.78, 5) is 25.1. The molecule has 0 aliphatic carbocycles. The van der Waals surface area contributed by atoms with Crippen LogP contribution < -0.4 is 10.9 Å². The first kappa shape index (κ1) is 11.2. The highest BCUT2D eigenvalue weighted by Crippen LogP contribution is 2.07. The molecule has 1 aromatic heterocycles. The molecule has 2 N–H and O–H groups in total. The molecular weight excluding hydrogens is 232 g/mol. The van der Waals surface area contributed by atoms with E-state index >= 15 is 0 Å². The molecule has 1 atom stereocenters. The van der Waals surface area contributed by atoms with Gasteiger partial charge in [0.1, 0.15) is 5.02 Å². The highest BCUT2D eigenvalue weighted by atomic mass is 35.5. The fourth-order valence-corrected chi connectivity index (χ4v) is 1.68. The average Bonchev–Trinajstić information content (AvgIpc) is 2.74. The Kier molecular flexibility index (Phi) is 3.26. The van der Waals surface area contributed by atoms with Crippen LogP contribution >= 0.6 is 11.6 Å². The third kappa shape index (κ3) is 2.43. The fraction of sp³-hybridized carbons (Fsp3) is 0.400. The molecular formula is C10H11ClN2O3. The van der Waals surface area contributed by atoms with Gasteiger partial charge in [-0.3, -0.25) is 9.59 Å². The Morgan fingerprint density at radius 3 is 3.06 bits per heavy atom. The monoisotopic (exact) mass is 242 g/mol. The number of pyridine rings is 1. The topological polar surface area (TPSA) is 71.2 Å². The number of aromatic nitrogens is 1. The maximum Gasteiger partial charge on any atom is 0.266 e. The molecule has 0 spiro atoms. The largest absolute Gasteiger partial charge is 0.379 e. The fourth-order valence-electron chi connectivity index (χ4n) is 1.50. The molecule has 0 aromatic carbocycles. The Hall–Kier alpha value is -1.33. The number of halogens is 1. The van der Waals surface area contributed by atoms with Gasteiger partial charge in [0.15, 0.2) is 0 Å². The molecule has 1 fully saturated rings. The molecule has 1 aliphatic heterocycles. The molecule has 1 aromatic rings. The third-order valence-electron chi connectivity index (χ3n) is 2.38. The molecule has 6 heteroatoms. The van der Waals surface area contributed by atoms with Crippen LogP contribution in [0.25, 0.3) is 0 Å². The average molecular weight is 243 g/mol. The number of aromatic amines is 1. The molecule has 1 saturated heterocycles. The van der Waals surface area contributed by atoms with Gasteiger partial charge in [-0.05, 0) is 12.5 Å². The van der Waals surface area contributed by atoms with Crippen LogP contribution in [0.5, 0.6) is 0 Å². The second kappa shape index (κ2) is 4.67. The summed E-state index contributed by atoms with van der Waals surface area (Å²) in [6.07, 6.45) is 2.15. The second-order valence-corrected chi connectivity index (χ2v) is 4.01. The number of amides is 1. The van der Waals surface area contributed by atoms with Crippen molar-refractivity contribution >= 4 is 17.5 Å². The second-order valence-electron chi connectivity index (χ2n) is 3.60. The molecule has 16 heavy (non-hydrogen) atoms. The van der Waals surface area contributed by atoms with E-state index in [1.165, 1.54) is 12.3 Å². The lowest BCUT2D eigenvalue weighted by Gasteiger charge is -2.10. The van der Waals surface area contributed by atoms with E-state index in [1.807, 2.05) is 0 Å². The number of hydrogen-bond acceptors (Lipinski definition) is 3. The third-order valence-corrected chi connectivity index (χ3v) is 2.67. The van der Waals surface area contributed by atoms with Gasteiger partial charge in [0, 0.05) is 12.8 Å². The van der Waals surface area contributed by atoms with Gasteiger partial charge in [0.2, 0.25) is 0 Å². The molecule has 2 rings (SSSR count). The molecule has 86 valence electrons.